The lowest BCUT2D eigenvalue weighted by molar-refractivity contribution is -0.123. The second-order valence-corrected chi connectivity index (χ2v) is 6.06. The summed E-state index contributed by atoms with van der Waals surface area (Å²) >= 11 is 0. The lowest BCUT2D eigenvalue weighted by Gasteiger charge is -2.19. The molecule has 0 radical (unpaired) electrons. The summed E-state index contributed by atoms with van der Waals surface area (Å²) < 4.78 is 27.7. The van der Waals surface area contributed by atoms with E-state index in [0.717, 1.165) is 6.07 Å². The number of hydrogen-bond donors (Lipinski definition) is 1. The minimum atomic E-state index is -1.30. The molecule has 0 saturated heterocycles. The van der Waals surface area contributed by atoms with Crippen molar-refractivity contribution in [1.82, 2.24) is 4.98 Å². The number of carbonyl (C=O) groups excluding carboxylic acids is 2. The molecular formula is C17H16F2N2O2. The summed E-state index contributed by atoms with van der Waals surface area (Å²) in [6, 6.07) is 4.99. The van der Waals surface area contributed by atoms with Crippen molar-refractivity contribution in [3.05, 3.63) is 59.4 Å². The predicted octanol–water partition coefficient (Wildman–Crippen LogP) is 3.58. The van der Waals surface area contributed by atoms with E-state index in [0.29, 0.717) is 0 Å². The highest BCUT2D eigenvalue weighted by molar-refractivity contribution is 6.14. The van der Waals surface area contributed by atoms with Gasteiger partial charge in [0.25, 0.3) is 0 Å². The second-order valence-electron chi connectivity index (χ2n) is 6.06. The van der Waals surface area contributed by atoms with Gasteiger partial charge in [-0.1, -0.05) is 20.8 Å². The monoisotopic (exact) mass is 318 g/mol. The number of nitrogens with one attached hydrogen (secondary N) is 1. The normalized spacial score (nSPS) is 11.2. The number of carbonyl (C=O) groups is 2. The molecule has 0 spiro atoms. The largest absolute Gasteiger partial charge is 0.325 e. The molecule has 4 nitrogen and oxygen atoms in total. The molecule has 120 valence electrons. The first-order valence-corrected chi connectivity index (χ1v) is 6.96. The van der Waals surface area contributed by atoms with Crippen LogP contribution in [0.4, 0.5) is 14.5 Å². The molecule has 0 atom stereocenters. The van der Waals surface area contributed by atoms with Gasteiger partial charge in [0.1, 0.15) is 0 Å². The molecule has 0 aliphatic carbocycles. The van der Waals surface area contributed by atoms with Crippen molar-refractivity contribution in [2.45, 2.75) is 20.8 Å². The third-order valence-corrected chi connectivity index (χ3v) is 3.18. The van der Waals surface area contributed by atoms with Gasteiger partial charge in [-0.2, -0.15) is 0 Å². The zero-order valence-corrected chi connectivity index (χ0v) is 13.0. The van der Waals surface area contributed by atoms with E-state index in [9.17, 15) is 18.4 Å². The van der Waals surface area contributed by atoms with Crippen LogP contribution in [0.2, 0.25) is 0 Å². The number of pyridine rings is 1. The summed E-state index contributed by atoms with van der Waals surface area (Å²) in [7, 11) is 0. The first-order chi connectivity index (χ1) is 10.7. The Morgan fingerprint density at radius 1 is 1.13 bits per heavy atom. The Morgan fingerprint density at radius 3 is 2.39 bits per heavy atom. The summed E-state index contributed by atoms with van der Waals surface area (Å²) in [6.45, 7) is 5.01. The van der Waals surface area contributed by atoms with Gasteiger partial charge in [-0.15, -0.1) is 0 Å². The predicted molar refractivity (Wildman–Crippen MR) is 82.1 cm³/mol. The van der Waals surface area contributed by atoms with E-state index >= 15 is 0 Å². The zero-order chi connectivity index (χ0) is 17.2. The third kappa shape index (κ3) is 3.59. The van der Waals surface area contributed by atoms with E-state index in [1.807, 2.05) is 0 Å². The standard InChI is InChI=1S/C17H16F2N2O2/c1-17(2,3)16(23)21-12-7-6-11(18)14(19)13(12)15(22)10-5-4-8-20-9-10/h4-9H,1-3H3,(H,21,23). The van der Waals surface area contributed by atoms with Crippen LogP contribution in [-0.2, 0) is 4.79 Å². The van der Waals surface area contributed by atoms with Crippen LogP contribution in [0.3, 0.4) is 0 Å². The summed E-state index contributed by atoms with van der Waals surface area (Å²) in [6.07, 6.45) is 2.71. The maximum Gasteiger partial charge on any atom is 0.229 e. The zero-order valence-electron chi connectivity index (χ0n) is 13.0. The number of benzene rings is 1. The molecule has 2 aromatic rings. The van der Waals surface area contributed by atoms with Crippen molar-refractivity contribution in [1.29, 1.82) is 0 Å². The summed E-state index contributed by atoms with van der Waals surface area (Å²) in [5.74, 6) is -3.63. The van der Waals surface area contributed by atoms with Crippen molar-refractivity contribution in [3.8, 4) is 0 Å². The smallest absolute Gasteiger partial charge is 0.229 e. The van der Waals surface area contributed by atoms with Crippen LogP contribution in [-0.4, -0.2) is 16.7 Å². The number of anilines is 1. The number of aromatic nitrogens is 1. The molecule has 1 heterocycles. The minimum absolute atomic E-state index is 0.0716. The minimum Gasteiger partial charge on any atom is -0.325 e. The van der Waals surface area contributed by atoms with E-state index in [-0.39, 0.29) is 11.3 Å². The topological polar surface area (TPSA) is 59.1 Å². The fraction of sp³-hybridized carbons (Fsp3) is 0.235. The van der Waals surface area contributed by atoms with Gasteiger partial charge in [-0.05, 0) is 24.3 Å². The molecule has 0 aliphatic rings. The average molecular weight is 318 g/mol. The fourth-order valence-electron chi connectivity index (χ4n) is 1.83. The molecule has 23 heavy (non-hydrogen) atoms. The molecular weight excluding hydrogens is 302 g/mol. The van der Waals surface area contributed by atoms with E-state index < -0.39 is 34.3 Å². The van der Waals surface area contributed by atoms with Crippen LogP contribution in [0.5, 0.6) is 0 Å². The molecule has 0 fully saturated rings. The summed E-state index contributed by atoms with van der Waals surface area (Å²) in [5.41, 5.74) is -1.24. The molecule has 1 amide bonds. The van der Waals surface area contributed by atoms with Crippen LogP contribution in [0.15, 0.2) is 36.7 Å². The number of hydrogen-bond acceptors (Lipinski definition) is 3. The van der Waals surface area contributed by atoms with Crippen molar-refractivity contribution >= 4 is 17.4 Å². The van der Waals surface area contributed by atoms with E-state index in [2.05, 4.69) is 10.3 Å². The molecule has 6 heteroatoms. The maximum atomic E-state index is 14.2. The Bertz CT molecular complexity index is 753. The molecule has 0 unspecified atom stereocenters. The molecule has 0 aliphatic heterocycles. The SMILES string of the molecule is CC(C)(C)C(=O)Nc1ccc(F)c(F)c1C(=O)c1cccnc1. The number of halogens is 2. The van der Waals surface area contributed by atoms with Crippen molar-refractivity contribution in [2.75, 3.05) is 5.32 Å². The van der Waals surface area contributed by atoms with E-state index in [4.69, 9.17) is 0 Å². The number of ketones is 1. The maximum absolute atomic E-state index is 14.2. The van der Waals surface area contributed by atoms with Gasteiger partial charge in [0.2, 0.25) is 5.91 Å². The van der Waals surface area contributed by atoms with Gasteiger partial charge in [-0.25, -0.2) is 8.78 Å². The lowest BCUT2D eigenvalue weighted by atomic mass is 9.94. The second kappa shape index (κ2) is 6.24. The van der Waals surface area contributed by atoms with Crippen LogP contribution in [0.1, 0.15) is 36.7 Å². The van der Waals surface area contributed by atoms with Crippen LogP contribution < -0.4 is 5.32 Å². The number of rotatable bonds is 3. The van der Waals surface area contributed by atoms with Crippen molar-refractivity contribution in [3.63, 3.8) is 0 Å². The van der Waals surface area contributed by atoms with Crippen LogP contribution >= 0.6 is 0 Å². The average Bonchev–Trinajstić information content (AvgIpc) is 2.50. The molecule has 1 aromatic heterocycles. The van der Waals surface area contributed by atoms with Gasteiger partial charge in [-0.3, -0.25) is 14.6 Å². The van der Waals surface area contributed by atoms with Gasteiger partial charge < -0.3 is 5.32 Å². The first-order valence-electron chi connectivity index (χ1n) is 6.96. The van der Waals surface area contributed by atoms with Crippen LogP contribution in [0, 0.1) is 17.0 Å². The molecule has 1 N–H and O–H groups in total. The van der Waals surface area contributed by atoms with Gasteiger partial charge in [0.15, 0.2) is 17.4 Å². The summed E-state index contributed by atoms with van der Waals surface area (Å²) in [4.78, 5) is 28.4. The Hall–Kier alpha value is -2.63. The molecule has 0 saturated carbocycles. The van der Waals surface area contributed by atoms with Crippen molar-refractivity contribution in [2.24, 2.45) is 5.41 Å². The highest BCUT2D eigenvalue weighted by atomic mass is 19.2. The van der Waals surface area contributed by atoms with E-state index in [1.54, 1.807) is 20.8 Å². The van der Waals surface area contributed by atoms with Crippen LogP contribution in [0.25, 0.3) is 0 Å². The molecule has 2 rings (SSSR count). The molecule has 0 bridgehead atoms. The quantitative estimate of drug-likeness (QED) is 0.880. The van der Waals surface area contributed by atoms with Gasteiger partial charge in [0, 0.05) is 23.4 Å². The Labute approximate surface area is 132 Å². The highest BCUT2D eigenvalue weighted by Gasteiger charge is 2.26. The first kappa shape index (κ1) is 16.7. The Kier molecular flexibility index (Phi) is 4.54. The fourth-order valence-corrected chi connectivity index (χ4v) is 1.83. The lowest BCUT2D eigenvalue weighted by Crippen LogP contribution is -2.28. The van der Waals surface area contributed by atoms with Gasteiger partial charge >= 0.3 is 0 Å². The third-order valence-electron chi connectivity index (χ3n) is 3.18. The number of nitrogens with zero attached hydrogens (tertiary/aromatic N) is 1. The Balaban J connectivity index is 2.51. The summed E-state index contributed by atoms with van der Waals surface area (Å²) in [5, 5.41) is 2.48. The highest BCUT2D eigenvalue weighted by Crippen LogP contribution is 2.26. The van der Waals surface area contributed by atoms with E-state index in [1.165, 1.54) is 30.6 Å². The molecule has 1 aromatic carbocycles. The Morgan fingerprint density at radius 2 is 1.83 bits per heavy atom. The number of amides is 1. The van der Waals surface area contributed by atoms with Gasteiger partial charge in [0.05, 0.1) is 11.3 Å². The van der Waals surface area contributed by atoms with Crippen molar-refractivity contribution < 1.29 is 18.4 Å².